The highest BCUT2D eigenvalue weighted by atomic mass is 35.5. The summed E-state index contributed by atoms with van der Waals surface area (Å²) in [5.74, 6) is 0.718. The van der Waals surface area contributed by atoms with E-state index in [0.29, 0.717) is 6.61 Å². The molecular weight excluding hydrogens is 370 g/mol. The fourth-order valence-electron chi connectivity index (χ4n) is 2.58. The lowest BCUT2D eigenvalue weighted by atomic mass is 10.2. The van der Waals surface area contributed by atoms with Gasteiger partial charge in [-0.1, -0.05) is 32.4 Å². The maximum Gasteiger partial charge on any atom is 0.192 e. The molecule has 0 saturated heterocycles. The first-order chi connectivity index (χ1) is 11.5. The number of benzene rings is 1. The van der Waals surface area contributed by atoms with Crippen LogP contribution in [-0.2, 0) is 28.4 Å². The van der Waals surface area contributed by atoms with E-state index in [9.17, 15) is 4.21 Å². The van der Waals surface area contributed by atoms with Gasteiger partial charge in [-0.2, -0.15) is 0 Å². The lowest BCUT2D eigenvalue weighted by molar-refractivity contribution is 0.267. The molecule has 2 aromatic rings. The van der Waals surface area contributed by atoms with E-state index in [2.05, 4.69) is 50.6 Å². The molecule has 3 nitrogen and oxygen atoms in total. The highest BCUT2D eigenvalue weighted by molar-refractivity contribution is 7.84. The van der Waals surface area contributed by atoms with Crippen LogP contribution in [0.4, 0.5) is 0 Å². The molecule has 6 heteroatoms. The summed E-state index contributed by atoms with van der Waals surface area (Å²) >= 11 is 6.16. The molecule has 1 heterocycles. The van der Waals surface area contributed by atoms with Gasteiger partial charge >= 0.3 is 0 Å². The first-order valence-corrected chi connectivity index (χ1v) is 13.7. The topological polar surface area (TPSA) is 31.2 Å². The van der Waals surface area contributed by atoms with Crippen LogP contribution in [0.5, 0.6) is 0 Å². The van der Waals surface area contributed by atoms with Crippen LogP contribution in [0.15, 0.2) is 24.3 Å². The number of fused-ring (bicyclic) bond motifs is 1. The van der Waals surface area contributed by atoms with Crippen LogP contribution in [0.25, 0.3) is 10.9 Å². The maximum atomic E-state index is 11.4. The van der Waals surface area contributed by atoms with Crippen molar-refractivity contribution in [3.8, 4) is 0 Å². The molecule has 0 spiro atoms. The molecule has 0 radical (unpaired) electrons. The largest absolute Gasteiger partial charge is 0.411 e. The number of aryl methyl sites for hydroxylation is 1. The van der Waals surface area contributed by atoms with Gasteiger partial charge in [-0.05, 0) is 48.8 Å². The lowest BCUT2D eigenvalue weighted by Crippen LogP contribution is -2.40. The number of rotatable bonds is 7. The van der Waals surface area contributed by atoms with Crippen molar-refractivity contribution in [2.24, 2.45) is 0 Å². The number of halogens is 1. The summed E-state index contributed by atoms with van der Waals surface area (Å²) in [6.07, 6.45) is 2.65. The van der Waals surface area contributed by atoms with Crippen LogP contribution < -0.4 is 0 Å². The van der Waals surface area contributed by atoms with Gasteiger partial charge in [0.05, 0.1) is 6.61 Å². The number of hydrogen-bond donors (Lipinski definition) is 0. The fraction of sp³-hybridized carbons (Fsp3) is 0.579. The number of aromatic nitrogens is 1. The molecule has 1 unspecified atom stereocenters. The third-order valence-corrected chi connectivity index (χ3v) is 10.7. The molecule has 2 rings (SSSR count). The zero-order valence-corrected chi connectivity index (χ0v) is 18.8. The molecule has 0 bridgehead atoms. The van der Waals surface area contributed by atoms with Crippen molar-refractivity contribution in [3.63, 3.8) is 0 Å². The molecule has 0 N–H and O–H groups in total. The Morgan fingerprint density at radius 3 is 2.52 bits per heavy atom. The Balaban J connectivity index is 2.29. The van der Waals surface area contributed by atoms with Gasteiger partial charge in [-0.15, -0.1) is 0 Å². The first-order valence-electron chi connectivity index (χ1n) is 8.73. The molecule has 0 amide bonds. The highest BCUT2D eigenvalue weighted by Gasteiger charge is 2.37. The molecule has 0 aliphatic heterocycles. The van der Waals surface area contributed by atoms with Crippen LogP contribution in [0.3, 0.4) is 0 Å². The Morgan fingerprint density at radius 2 is 1.92 bits per heavy atom. The summed E-state index contributed by atoms with van der Waals surface area (Å²) < 4.78 is 20.1. The van der Waals surface area contributed by atoms with E-state index < -0.39 is 19.1 Å². The van der Waals surface area contributed by atoms with Gasteiger partial charge in [-0.3, -0.25) is 4.21 Å². The smallest absolute Gasteiger partial charge is 0.192 e. The molecule has 1 aromatic carbocycles. The molecule has 140 valence electrons. The van der Waals surface area contributed by atoms with Crippen LogP contribution in [-0.4, -0.2) is 29.1 Å². The van der Waals surface area contributed by atoms with Crippen LogP contribution >= 0.6 is 11.6 Å². The summed E-state index contributed by atoms with van der Waals surface area (Å²) in [5.41, 5.74) is 2.34. The number of nitrogens with zero attached hydrogens (tertiary/aromatic N) is 1. The molecule has 25 heavy (non-hydrogen) atoms. The SMILES string of the molecule is CS(=O)CCCn1c(CO[Si](C)(C)C(C)(C)C)cc2cc(Cl)ccc21. The van der Waals surface area contributed by atoms with E-state index in [1.807, 2.05) is 12.1 Å². The summed E-state index contributed by atoms with van der Waals surface area (Å²) in [4.78, 5) is 0. The summed E-state index contributed by atoms with van der Waals surface area (Å²) in [6.45, 7) is 12.8. The first kappa shape index (κ1) is 20.7. The van der Waals surface area contributed by atoms with Crippen molar-refractivity contribution in [1.82, 2.24) is 4.57 Å². The molecule has 0 aliphatic carbocycles. The monoisotopic (exact) mass is 399 g/mol. The Morgan fingerprint density at radius 1 is 1.24 bits per heavy atom. The zero-order valence-electron chi connectivity index (χ0n) is 16.2. The second kappa shape index (κ2) is 7.95. The van der Waals surface area contributed by atoms with Crippen LogP contribution in [0.2, 0.25) is 23.2 Å². The third-order valence-electron chi connectivity index (χ3n) is 5.15. The van der Waals surface area contributed by atoms with Gasteiger partial charge in [0.2, 0.25) is 0 Å². The Hall–Kier alpha value is -0.623. The van der Waals surface area contributed by atoms with E-state index in [-0.39, 0.29) is 5.04 Å². The van der Waals surface area contributed by atoms with Crippen molar-refractivity contribution in [2.45, 2.75) is 58.5 Å². The molecule has 0 aliphatic rings. The summed E-state index contributed by atoms with van der Waals surface area (Å²) in [6, 6.07) is 8.17. The minimum atomic E-state index is -1.81. The Labute approximate surface area is 160 Å². The van der Waals surface area contributed by atoms with Crippen molar-refractivity contribution in [2.75, 3.05) is 12.0 Å². The summed E-state index contributed by atoms with van der Waals surface area (Å²) in [7, 11) is -2.57. The van der Waals surface area contributed by atoms with Gasteiger partial charge < -0.3 is 8.99 Å². The lowest BCUT2D eigenvalue weighted by Gasteiger charge is -2.36. The van der Waals surface area contributed by atoms with Gasteiger partial charge in [-0.25, -0.2) is 0 Å². The van der Waals surface area contributed by atoms with E-state index in [0.717, 1.165) is 29.1 Å². The number of hydrogen-bond acceptors (Lipinski definition) is 2. The van der Waals surface area contributed by atoms with Gasteiger partial charge in [0.25, 0.3) is 0 Å². The van der Waals surface area contributed by atoms with Gasteiger partial charge in [0.15, 0.2) is 8.32 Å². The van der Waals surface area contributed by atoms with Gasteiger partial charge in [0, 0.05) is 51.0 Å². The van der Waals surface area contributed by atoms with E-state index in [1.165, 1.54) is 11.2 Å². The maximum absolute atomic E-state index is 11.4. The van der Waals surface area contributed by atoms with Crippen LogP contribution in [0.1, 0.15) is 32.9 Å². The zero-order chi connectivity index (χ0) is 18.8. The molecule has 0 fully saturated rings. The minimum absolute atomic E-state index is 0.187. The quantitative estimate of drug-likeness (QED) is 0.568. The second-order valence-electron chi connectivity index (χ2n) is 8.17. The molecular formula is C19H30ClNO2SSi. The van der Waals surface area contributed by atoms with Crippen molar-refractivity contribution in [1.29, 1.82) is 0 Å². The highest BCUT2D eigenvalue weighted by Crippen LogP contribution is 2.37. The molecule has 1 atom stereocenters. The van der Waals surface area contributed by atoms with Gasteiger partial charge in [0.1, 0.15) is 0 Å². The van der Waals surface area contributed by atoms with Crippen molar-refractivity contribution < 1.29 is 8.63 Å². The van der Waals surface area contributed by atoms with Crippen LogP contribution in [0, 0.1) is 0 Å². The van der Waals surface area contributed by atoms with Crippen molar-refractivity contribution >= 4 is 41.6 Å². The normalized spacial score (nSPS) is 14.2. The predicted molar refractivity (Wildman–Crippen MR) is 112 cm³/mol. The standard InChI is InChI=1S/C19H30ClNO2SSi/c1-19(2,3)25(5,6)23-14-17-13-15-12-16(20)8-9-18(15)21(17)10-7-11-24(4)22/h8-9,12-13H,7,10-11,14H2,1-6H3. The van der Waals surface area contributed by atoms with E-state index in [1.54, 1.807) is 6.26 Å². The van der Waals surface area contributed by atoms with E-state index in [4.69, 9.17) is 16.0 Å². The predicted octanol–water partition coefficient (Wildman–Crippen LogP) is 5.59. The van der Waals surface area contributed by atoms with E-state index >= 15 is 0 Å². The Bertz CT molecular complexity index is 765. The summed E-state index contributed by atoms with van der Waals surface area (Å²) in [5, 5.41) is 2.07. The molecule has 0 saturated carbocycles. The second-order valence-corrected chi connectivity index (χ2v) is 15.0. The fourth-order valence-corrected chi connectivity index (χ4v) is 4.24. The average Bonchev–Trinajstić information content (AvgIpc) is 2.81. The third kappa shape index (κ3) is 5.19. The molecule has 1 aromatic heterocycles. The van der Waals surface area contributed by atoms with Crippen molar-refractivity contribution in [3.05, 3.63) is 35.0 Å². The minimum Gasteiger partial charge on any atom is -0.411 e. The Kier molecular flexibility index (Phi) is 6.58. The average molecular weight is 400 g/mol.